The van der Waals surface area contributed by atoms with E-state index in [2.05, 4.69) is 38.1 Å². The number of hydrogen-bond acceptors (Lipinski definition) is 6. The Hall–Kier alpha value is -4.01. The zero-order valence-corrected chi connectivity index (χ0v) is 27.6. The lowest BCUT2D eigenvalue weighted by Gasteiger charge is -2.29. The lowest BCUT2D eigenvalue weighted by atomic mass is 9.90. The maximum absolute atomic E-state index is 13.3. The second-order valence-corrected chi connectivity index (χ2v) is 12.6. The number of carbonyl (C=O) groups is 2. The molecule has 1 aromatic heterocycles. The molecule has 0 saturated heterocycles. The summed E-state index contributed by atoms with van der Waals surface area (Å²) in [5, 5.41) is 12.3. The monoisotopic (exact) mass is 627 g/mol. The number of carboxylic acids is 1. The minimum absolute atomic E-state index is 0.0240. The number of ether oxygens (including phenoxy) is 1. The van der Waals surface area contributed by atoms with Crippen molar-refractivity contribution in [2.45, 2.75) is 78.5 Å². The van der Waals surface area contributed by atoms with Crippen LogP contribution in [0.3, 0.4) is 0 Å². The molecule has 0 fully saturated rings. The molecule has 1 heterocycles. The van der Waals surface area contributed by atoms with E-state index < -0.39 is 5.97 Å². The van der Waals surface area contributed by atoms with Crippen molar-refractivity contribution in [3.8, 4) is 17.0 Å². The molecule has 0 saturated carbocycles. The SMILES string of the molecule is CCCC(CCC)c1ccc(OCc2ccc(-c3csc(CN(CC(=O)O)CC(=O)N(c4ccccc4)C(C)C)n3)cc2)cc1. The topological polar surface area (TPSA) is 83.0 Å². The highest BCUT2D eigenvalue weighted by molar-refractivity contribution is 7.09. The van der Waals surface area contributed by atoms with Gasteiger partial charge in [0.1, 0.15) is 17.4 Å². The molecule has 4 aromatic rings. The third-order valence-electron chi connectivity index (χ3n) is 7.73. The second kappa shape index (κ2) is 16.9. The molecule has 1 N–H and O–H groups in total. The molecule has 0 aliphatic heterocycles. The van der Waals surface area contributed by atoms with Gasteiger partial charge in [-0.25, -0.2) is 4.98 Å². The van der Waals surface area contributed by atoms with E-state index in [1.807, 2.05) is 73.8 Å². The zero-order valence-electron chi connectivity index (χ0n) is 26.8. The van der Waals surface area contributed by atoms with Crippen LogP contribution in [-0.4, -0.2) is 46.0 Å². The van der Waals surface area contributed by atoms with E-state index in [4.69, 9.17) is 9.72 Å². The molecule has 45 heavy (non-hydrogen) atoms. The molecule has 8 heteroatoms. The number of rotatable bonds is 17. The van der Waals surface area contributed by atoms with Crippen LogP contribution < -0.4 is 9.64 Å². The number of nitrogens with zero attached hydrogens (tertiary/aromatic N) is 3. The van der Waals surface area contributed by atoms with E-state index >= 15 is 0 Å². The Kier molecular flexibility index (Phi) is 12.7. The normalized spacial score (nSPS) is 11.4. The molecule has 0 atom stereocenters. The Morgan fingerprint density at radius 1 is 0.889 bits per heavy atom. The molecular formula is C37H45N3O4S. The van der Waals surface area contributed by atoms with Crippen LogP contribution in [0, 0.1) is 0 Å². The minimum atomic E-state index is -0.985. The Labute approximate surface area is 271 Å². The van der Waals surface area contributed by atoms with Crippen LogP contribution in [0.5, 0.6) is 5.75 Å². The van der Waals surface area contributed by atoms with Crippen LogP contribution in [0.15, 0.2) is 84.2 Å². The van der Waals surface area contributed by atoms with Gasteiger partial charge in [0, 0.05) is 22.7 Å². The first-order valence-electron chi connectivity index (χ1n) is 15.8. The number of para-hydroxylation sites is 1. The van der Waals surface area contributed by atoms with E-state index in [9.17, 15) is 14.7 Å². The molecule has 0 unspecified atom stereocenters. The molecule has 0 aliphatic rings. The number of thiazole rings is 1. The van der Waals surface area contributed by atoms with Gasteiger partial charge in [-0.15, -0.1) is 11.3 Å². The van der Waals surface area contributed by atoms with E-state index in [-0.39, 0.29) is 31.6 Å². The summed E-state index contributed by atoms with van der Waals surface area (Å²) < 4.78 is 6.07. The van der Waals surface area contributed by atoms with Crippen molar-refractivity contribution >= 4 is 28.9 Å². The summed E-state index contributed by atoms with van der Waals surface area (Å²) in [4.78, 5) is 33.1. The molecule has 238 valence electrons. The zero-order chi connectivity index (χ0) is 32.2. The van der Waals surface area contributed by atoms with Crippen molar-refractivity contribution in [3.05, 3.63) is 100 Å². The lowest BCUT2D eigenvalue weighted by molar-refractivity contribution is -0.138. The van der Waals surface area contributed by atoms with Crippen LogP contribution >= 0.6 is 11.3 Å². The highest BCUT2D eigenvalue weighted by Crippen LogP contribution is 2.28. The number of carbonyl (C=O) groups excluding carboxylic acids is 1. The predicted octanol–water partition coefficient (Wildman–Crippen LogP) is 8.40. The molecule has 3 aromatic carbocycles. The van der Waals surface area contributed by atoms with Gasteiger partial charge in [0.15, 0.2) is 0 Å². The molecule has 0 spiro atoms. The third-order valence-corrected chi connectivity index (χ3v) is 8.56. The summed E-state index contributed by atoms with van der Waals surface area (Å²) in [7, 11) is 0. The van der Waals surface area contributed by atoms with Crippen molar-refractivity contribution in [1.82, 2.24) is 9.88 Å². The van der Waals surface area contributed by atoms with E-state index in [1.165, 1.54) is 42.6 Å². The van der Waals surface area contributed by atoms with Crippen LogP contribution in [0.1, 0.15) is 75.4 Å². The molecule has 4 rings (SSSR count). The van der Waals surface area contributed by atoms with Crippen molar-refractivity contribution < 1.29 is 19.4 Å². The summed E-state index contributed by atoms with van der Waals surface area (Å²) in [6.07, 6.45) is 4.81. The fourth-order valence-electron chi connectivity index (χ4n) is 5.60. The molecule has 0 bridgehead atoms. The fraction of sp³-hybridized carbons (Fsp3) is 0.378. The largest absolute Gasteiger partial charge is 0.489 e. The molecule has 7 nitrogen and oxygen atoms in total. The van der Waals surface area contributed by atoms with Gasteiger partial charge in [0.2, 0.25) is 5.91 Å². The van der Waals surface area contributed by atoms with Crippen molar-refractivity contribution in [3.63, 3.8) is 0 Å². The number of hydrogen-bond donors (Lipinski definition) is 1. The maximum Gasteiger partial charge on any atom is 0.317 e. The second-order valence-electron chi connectivity index (χ2n) is 11.7. The Morgan fingerprint density at radius 3 is 2.16 bits per heavy atom. The minimum Gasteiger partial charge on any atom is -0.489 e. The number of aliphatic carboxylic acids is 1. The summed E-state index contributed by atoms with van der Waals surface area (Å²) in [6.45, 7) is 8.85. The van der Waals surface area contributed by atoms with Crippen molar-refractivity contribution in [1.29, 1.82) is 0 Å². The van der Waals surface area contributed by atoms with Gasteiger partial charge < -0.3 is 14.7 Å². The molecular weight excluding hydrogens is 582 g/mol. The Bertz CT molecular complexity index is 1480. The molecule has 0 aliphatic carbocycles. The summed E-state index contributed by atoms with van der Waals surface area (Å²) in [5.41, 5.74) is 5.03. The highest BCUT2D eigenvalue weighted by atomic mass is 32.1. The van der Waals surface area contributed by atoms with Crippen LogP contribution in [0.4, 0.5) is 5.69 Å². The average Bonchev–Trinajstić information content (AvgIpc) is 3.49. The predicted molar refractivity (Wildman–Crippen MR) is 183 cm³/mol. The van der Waals surface area contributed by atoms with Gasteiger partial charge >= 0.3 is 5.97 Å². The smallest absolute Gasteiger partial charge is 0.317 e. The van der Waals surface area contributed by atoms with Gasteiger partial charge in [-0.2, -0.15) is 0 Å². The Morgan fingerprint density at radius 2 is 1.56 bits per heavy atom. The van der Waals surface area contributed by atoms with Gasteiger partial charge in [-0.05, 0) is 68.0 Å². The van der Waals surface area contributed by atoms with Gasteiger partial charge in [-0.3, -0.25) is 14.5 Å². The quantitative estimate of drug-likeness (QED) is 0.127. The van der Waals surface area contributed by atoms with Gasteiger partial charge in [-0.1, -0.05) is 81.3 Å². The first-order chi connectivity index (χ1) is 21.8. The van der Waals surface area contributed by atoms with Gasteiger partial charge in [0.05, 0.1) is 25.3 Å². The van der Waals surface area contributed by atoms with E-state index in [0.29, 0.717) is 12.5 Å². The molecule has 1 amide bonds. The van der Waals surface area contributed by atoms with Crippen LogP contribution in [-0.2, 0) is 22.7 Å². The van der Waals surface area contributed by atoms with Crippen molar-refractivity contribution in [2.75, 3.05) is 18.0 Å². The van der Waals surface area contributed by atoms with Crippen LogP contribution in [0.25, 0.3) is 11.3 Å². The first-order valence-corrected chi connectivity index (χ1v) is 16.7. The first kappa shape index (κ1) is 33.9. The molecule has 0 radical (unpaired) electrons. The van der Waals surface area contributed by atoms with E-state index in [1.54, 1.807) is 9.80 Å². The number of carboxylic acid groups (broad SMARTS) is 1. The fourth-order valence-corrected chi connectivity index (χ4v) is 6.45. The number of amides is 1. The summed E-state index contributed by atoms with van der Waals surface area (Å²) in [5.74, 6) is 0.343. The highest BCUT2D eigenvalue weighted by Gasteiger charge is 2.23. The number of anilines is 1. The van der Waals surface area contributed by atoms with Crippen molar-refractivity contribution in [2.24, 2.45) is 0 Å². The number of benzene rings is 3. The standard InChI is InChI=1S/C37H45N3O4S/c1-5-10-29(11-6-2)30-18-20-33(21-19-30)44-25-28-14-16-31(17-15-28)34-26-45-35(38-34)22-39(24-37(42)43)23-36(41)40(27(3)4)32-12-8-7-9-13-32/h7-9,12-21,26-27,29H,5-6,10-11,22-25H2,1-4H3,(H,42,43). The average molecular weight is 628 g/mol. The van der Waals surface area contributed by atoms with Crippen LogP contribution in [0.2, 0.25) is 0 Å². The Balaban J connectivity index is 1.36. The van der Waals surface area contributed by atoms with Gasteiger partial charge in [0.25, 0.3) is 0 Å². The summed E-state index contributed by atoms with van der Waals surface area (Å²) in [6, 6.07) is 26.1. The number of aromatic nitrogens is 1. The summed E-state index contributed by atoms with van der Waals surface area (Å²) >= 11 is 1.46. The maximum atomic E-state index is 13.3. The van der Waals surface area contributed by atoms with E-state index in [0.717, 1.165) is 33.3 Å². The third kappa shape index (κ3) is 9.99. The lowest BCUT2D eigenvalue weighted by Crippen LogP contribution is -2.45.